The maximum Gasteiger partial charge on any atom is 0.0139 e. The first kappa shape index (κ1) is 26.9. The second-order valence-corrected chi connectivity index (χ2v) is 9.11. The Kier molecular flexibility index (Phi) is 9.02. The first-order chi connectivity index (χ1) is 15.4. The number of unbranched alkanes of at least 4 members (excludes halogenated alkanes) is 1. The van der Waals surface area contributed by atoms with E-state index in [1.807, 2.05) is 0 Å². The van der Waals surface area contributed by atoms with E-state index >= 15 is 0 Å². The van der Waals surface area contributed by atoms with Crippen LogP contribution >= 0.6 is 24.8 Å². The van der Waals surface area contributed by atoms with Crippen LogP contribution in [0, 0.1) is 5.92 Å². The Morgan fingerprint density at radius 2 is 0.824 bits per heavy atom. The molecule has 0 radical (unpaired) electrons. The van der Waals surface area contributed by atoms with Gasteiger partial charge in [0.1, 0.15) is 0 Å². The number of hydrogen-bond donors (Lipinski definition) is 0. The molecule has 0 nitrogen and oxygen atoms in total. The molecule has 3 heteroatoms. The topological polar surface area (TPSA) is 0 Å². The molecule has 0 spiro atoms. The van der Waals surface area contributed by atoms with Crippen LogP contribution in [0.4, 0.5) is 0 Å². The molecule has 0 aliphatic heterocycles. The van der Waals surface area contributed by atoms with Crippen molar-refractivity contribution < 1.29 is 26.2 Å². The van der Waals surface area contributed by atoms with Crippen molar-refractivity contribution >= 4 is 24.8 Å². The monoisotopic (exact) mass is 562 g/mol. The van der Waals surface area contributed by atoms with Crippen molar-refractivity contribution in [3.8, 4) is 22.3 Å². The van der Waals surface area contributed by atoms with E-state index in [1.54, 1.807) is 0 Å². The Labute approximate surface area is 235 Å². The largest absolute Gasteiger partial charge is 0.147 e. The number of hydrogen-bond acceptors (Lipinski definition) is 0. The van der Waals surface area contributed by atoms with Crippen molar-refractivity contribution in [2.75, 3.05) is 0 Å². The molecule has 0 aromatic heterocycles. The van der Waals surface area contributed by atoms with Crippen molar-refractivity contribution in [3.05, 3.63) is 119 Å². The van der Waals surface area contributed by atoms with Gasteiger partial charge in [-0.3, -0.25) is 0 Å². The molecule has 0 saturated carbocycles. The van der Waals surface area contributed by atoms with E-state index in [4.69, 9.17) is 0 Å². The summed E-state index contributed by atoms with van der Waals surface area (Å²) in [6, 6.07) is 36.5. The number of rotatable bonds is 5. The molecule has 4 aromatic rings. The molecule has 0 saturated heterocycles. The van der Waals surface area contributed by atoms with E-state index in [1.165, 1.54) is 63.8 Å². The van der Waals surface area contributed by atoms with E-state index in [0.29, 0.717) is 17.8 Å². The fourth-order valence-electron chi connectivity index (χ4n) is 6.28. The minimum absolute atomic E-state index is 0. The predicted molar refractivity (Wildman–Crippen MR) is 145 cm³/mol. The molecular formula is C31H30Cl2Zr. The average Bonchev–Trinajstić information content (AvgIpc) is 3.34. The van der Waals surface area contributed by atoms with Gasteiger partial charge in [0.05, 0.1) is 0 Å². The van der Waals surface area contributed by atoms with Gasteiger partial charge in [-0.05, 0) is 56.8 Å². The third-order valence-corrected chi connectivity index (χ3v) is 7.51. The van der Waals surface area contributed by atoms with Crippen molar-refractivity contribution in [2.24, 2.45) is 5.92 Å². The molecule has 0 bridgehead atoms. The molecule has 34 heavy (non-hydrogen) atoms. The van der Waals surface area contributed by atoms with Gasteiger partial charge in [-0.15, -0.1) is 24.8 Å². The minimum Gasteiger partial charge on any atom is -0.147 e. The van der Waals surface area contributed by atoms with E-state index in [-0.39, 0.29) is 51.0 Å². The maximum atomic E-state index is 2.38. The molecule has 2 aliphatic carbocycles. The van der Waals surface area contributed by atoms with Gasteiger partial charge in [0.2, 0.25) is 0 Å². The van der Waals surface area contributed by atoms with Gasteiger partial charge in [-0.2, -0.15) is 0 Å². The van der Waals surface area contributed by atoms with Crippen LogP contribution in [-0.4, -0.2) is 0 Å². The van der Waals surface area contributed by atoms with Crippen LogP contribution < -0.4 is 0 Å². The van der Waals surface area contributed by atoms with Crippen LogP contribution in [0.1, 0.15) is 60.3 Å². The van der Waals surface area contributed by atoms with Crippen LogP contribution in [0.2, 0.25) is 0 Å². The molecule has 2 aliphatic rings. The Balaban J connectivity index is 0.00000108. The molecule has 4 aromatic carbocycles. The van der Waals surface area contributed by atoms with Crippen LogP contribution in [0.15, 0.2) is 97.1 Å². The van der Waals surface area contributed by atoms with Crippen LogP contribution in [0.3, 0.4) is 0 Å². The van der Waals surface area contributed by atoms with Crippen LogP contribution in [0.25, 0.3) is 22.3 Å². The Morgan fingerprint density at radius 3 is 1.12 bits per heavy atom. The Bertz CT molecular complexity index is 1080. The van der Waals surface area contributed by atoms with Crippen molar-refractivity contribution in [2.45, 2.75) is 38.0 Å². The van der Waals surface area contributed by atoms with E-state index in [9.17, 15) is 0 Å². The normalized spacial score (nSPS) is 13.1. The molecular weight excluding hydrogens is 534 g/mol. The number of halogens is 2. The zero-order valence-corrected chi connectivity index (χ0v) is 23.5. The molecule has 6 rings (SSSR count). The third-order valence-electron chi connectivity index (χ3n) is 7.51. The van der Waals surface area contributed by atoms with Crippen molar-refractivity contribution in [1.29, 1.82) is 0 Å². The summed E-state index contributed by atoms with van der Waals surface area (Å²) >= 11 is 0. The average molecular weight is 565 g/mol. The second kappa shape index (κ2) is 11.4. The van der Waals surface area contributed by atoms with E-state index < -0.39 is 0 Å². The second-order valence-electron chi connectivity index (χ2n) is 9.11. The summed E-state index contributed by atoms with van der Waals surface area (Å²) in [6.45, 7) is 2.32. The summed E-state index contributed by atoms with van der Waals surface area (Å²) < 4.78 is 0. The van der Waals surface area contributed by atoms with Crippen molar-refractivity contribution in [3.63, 3.8) is 0 Å². The molecule has 172 valence electrons. The predicted octanol–water partition coefficient (Wildman–Crippen LogP) is 9.26. The summed E-state index contributed by atoms with van der Waals surface area (Å²) in [5.41, 5.74) is 11.8. The SMILES string of the molecule is CCCCC(C1c2ccccc2-c2ccccc21)C1c2ccccc2-c2ccccc21.Cl.Cl.[Zr]. The summed E-state index contributed by atoms with van der Waals surface area (Å²) in [4.78, 5) is 0. The standard InChI is InChI=1S/C31H28.2ClH.Zr/c1-2-3-12-29(30-25-17-8-4-13-21(25)22-14-5-9-18-26(22)30)31-27-19-10-6-15-23(27)24-16-7-11-20-28(24)31;;;/h4-11,13-20,29-31H,2-3,12H2,1H3;2*1H;. The summed E-state index contributed by atoms with van der Waals surface area (Å²) in [6.07, 6.45) is 3.76. The number of fused-ring (bicyclic) bond motifs is 6. The van der Waals surface area contributed by atoms with Crippen LogP contribution in [0.5, 0.6) is 0 Å². The zero-order chi connectivity index (χ0) is 20.8. The molecule has 0 heterocycles. The quantitative estimate of drug-likeness (QED) is 0.227. The Hall–Kier alpha value is -1.66. The summed E-state index contributed by atoms with van der Waals surface area (Å²) in [7, 11) is 0. The zero-order valence-electron chi connectivity index (χ0n) is 19.4. The molecule has 0 amide bonds. The number of benzene rings is 4. The minimum atomic E-state index is 0. The molecule has 0 unspecified atom stereocenters. The molecule has 0 fully saturated rings. The third kappa shape index (κ3) is 4.26. The van der Waals surface area contributed by atoms with Gasteiger partial charge in [-0.1, -0.05) is 117 Å². The van der Waals surface area contributed by atoms with Gasteiger partial charge in [0, 0.05) is 38.0 Å². The summed E-state index contributed by atoms with van der Waals surface area (Å²) in [5, 5.41) is 0. The van der Waals surface area contributed by atoms with Crippen LogP contribution in [-0.2, 0) is 26.2 Å². The maximum absolute atomic E-state index is 2.38. The smallest absolute Gasteiger partial charge is 0.0139 e. The van der Waals surface area contributed by atoms with Gasteiger partial charge in [0.25, 0.3) is 0 Å². The molecule has 0 N–H and O–H groups in total. The fraction of sp³-hybridized carbons (Fsp3) is 0.226. The summed E-state index contributed by atoms with van der Waals surface area (Å²) in [5.74, 6) is 1.45. The first-order valence-electron chi connectivity index (χ1n) is 11.7. The van der Waals surface area contributed by atoms with Gasteiger partial charge < -0.3 is 0 Å². The first-order valence-corrected chi connectivity index (χ1v) is 11.7. The van der Waals surface area contributed by atoms with E-state index in [2.05, 4.69) is 104 Å². The van der Waals surface area contributed by atoms with Gasteiger partial charge >= 0.3 is 0 Å². The van der Waals surface area contributed by atoms with Gasteiger partial charge in [-0.25, -0.2) is 0 Å². The van der Waals surface area contributed by atoms with E-state index in [0.717, 1.165) is 0 Å². The Morgan fingerprint density at radius 1 is 0.529 bits per heavy atom. The van der Waals surface area contributed by atoms with Crippen molar-refractivity contribution in [1.82, 2.24) is 0 Å². The molecule has 0 atom stereocenters. The fourth-order valence-corrected chi connectivity index (χ4v) is 6.28. The van der Waals surface area contributed by atoms with Gasteiger partial charge in [0.15, 0.2) is 0 Å².